The molecular formula is C19H22N2O6S. The number of ether oxygens (including phenoxy) is 2. The zero-order valence-electron chi connectivity index (χ0n) is 16.0. The van der Waals surface area contributed by atoms with E-state index in [4.69, 9.17) is 9.47 Å². The SMILES string of the molecule is COC(=O)C1=C(C(=O)OC)N(c2ccccc2S(=O)(=O)NC(C)C)C=CC=C1. The molecule has 1 aliphatic rings. The van der Waals surface area contributed by atoms with Gasteiger partial charge in [-0.25, -0.2) is 22.7 Å². The smallest absolute Gasteiger partial charge is 0.355 e. The van der Waals surface area contributed by atoms with Gasteiger partial charge in [0.25, 0.3) is 0 Å². The predicted octanol–water partition coefficient (Wildman–Crippen LogP) is 1.86. The number of sulfonamides is 1. The number of anilines is 1. The summed E-state index contributed by atoms with van der Waals surface area (Å²) in [4.78, 5) is 26.0. The number of hydrogen-bond donors (Lipinski definition) is 1. The summed E-state index contributed by atoms with van der Waals surface area (Å²) in [5, 5.41) is 0. The molecule has 2 rings (SSSR count). The van der Waals surface area contributed by atoms with Gasteiger partial charge in [0.1, 0.15) is 10.6 Å². The number of para-hydroxylation sites is 1. The molecule has 0 fully saturated rings. The fraction of sp³-hybridized carbons (Fsp3) is 0.263. The summed E-state index contributed by atoms with van der Waals surface area (Å²) in [7, 11) is -1.53. The molecule has 1 aromatic rings. The number of esters is 2. The van der Waals surface area contributed by atoms with E-state index in [2.05, 4.69) is 4.72 Å². The van der Waals surface area contributed by atoms with Crippen LogP contribution in [0, 0.1) is 0 Å². The van der Waals surface area contributed by atoms with Crippen molar-refractivity contribution in [3.63, 3.8) is 0 Å². The molecule has 8 nitrogen and oxygen atoms in total. The van der Waals surface area contributed by atoms with Crippen molar-refractivity contribution < 1.29 is 27.5 Å². The van der Waals surface area contributed by atoms with Crippen molar-refractivity contribution in [1.29, 1.82) is 0 Å². The average Bonchev–Trinajstić information content (AvgIpc) is 2.88. The summed E-state index contributed by atoms with van der Waals surface area (Å²) in [6.45, 7) is 3.40. The predicted molar refractivity (Wildman–Crippen MR) is 104 cm³/mol. The highest BCUT2D eigenvalue weighted by molar-refractivity contribution is 7.89. The number of allylic oxidation sites excluding steroid dienone is 2. The molecule has 0 bridgehead atoms. The van der Waals surface area contributed by atoms with Crippen molar-refractivity contribution in [3.8, 4) is 0 Å². The second-order valence-electron chi connectivity index (χ2n) is 6.06. The first-order valence-electron chi connectivity index (χ1n) is 8.39. The molecule has 0 saturated carbocycles. The van der Waals surface area contributed by atoms with Crippen molar-refractivity contribution in [2.45, 2.75) is 24.8 Å². The van der Waals surface area contributed by atoms with Crippen LogP contribution >= 0.6 is 0 Å². The zero-order chi connectivity index (χ0) is 20.9. The van der Waals surface area contributed by atoms with Crippen LogP contribution in [0.15, 0.2) is 64.9 Å². The number of hydrogen-bond acceptors (Lipinski definition) is 7. The van der Waals surface area contributed by atoms with Crippen molar-refractivity contribution in [2.75, 3.05) is 19.1 Å². The van der Waals surface area contributed by atoms with Gasteiger partial charge in [0, 0.05) is 12.2 Å². The molecule has 0 atom stereocenters. The molecule has 28 heavy (non-hydrogen) atoms. The minimum Gasteiger partial charge on any atom is -0.465 e. The summed E-state index contributed by atoms with van der Waals surface area (Å²) < 4.78 is 37.7. The molecule has 1 N–H and O–H groups in total. The maximum absolute atomic E-state index is 12.8. The number of nitrogens with zero attached hydrogens (tertiary/aromatic N) is 1. The fourth-order valence-electron chi connectivity index (χ4n) is 2.61. The molecule has 150 valence electrons. The summed E-state index contributed by atoms with van der Waals surface area (Å²) in [6, 6.07) is 5.81. The van der Waals surface area contributed by atoms with Gasteiger partial charge in [-0.3, -0.25) is 0 Å². The first kappa shape index (κ1) is 21.4. The van der Waals surface area contributed by atoms with Crippen LogP contribution in [-0.2, 0) is 29.1 Å². The quantitative estimate of drug-likeness (QED) is 0.720. The maximum atomic E-state index is 12.8. The summed E-state index contributed by atoms with van der Waals surface area (Å²) in [5.41, 5.74) is -0.0488. The molecule has 0 aromatic heterocycles. The number of nitrogens with one attached hydrogen (secondary N) is 1. The lowest BCUT2D eigenvalue weighted by molar-refractivity contribution is -0.139. The summed E-state index contributed by atoms with van der Waals surface area (Å²) in [6.07, 6.45) is 5.98. The van der Waals surface area contributed by atoms with Crippen LogP contribution in [0.4, 0.5) is 5.69 Å². The second kappa shape index (κ2) is 8.85. The van der Waals surface area contributed by atoms with E-state index in [9.17, 15) is 18.0 Å². The van der Waals surface area contributed by atoms with Gasteiger partial charge in [0.2, 0.25) is 10.0 Å². The van der Waals surface area contributed by atoms with Crippen molar-refractivity contribution >= 4 is 27.6 Å². The number of methoxy groups -OCH3 is 2. The van der Waals surface area contributed by atoms with Gasteiger partial charge in [0.15, 0.2) is 0 Å². The molecule has 0 aliphatic carbocycles. The largest absolute Gasteiger partial charge is 0.465 e. The Balaban J connectivity index is 2.75. The van der Waals surface area contributed by atoms with Crippen LogP contribution in [0.1, 0.15) is 13.8 Å². The zero-order valence-corrected chi connectivity index (χ0v) is 16.8. The Morgan fingerprint density at radius 2 is 1.68 bits per heavy atom. The Morgan fingerprint density at radius 3 is 2.29 bits per heavy atom. The van der Waals surface area contributed by atoms with Gasteiger partial charge in [-0.1, -0.05) is 18.2 Å². The van der Waals surface area contributed by atoms with E-state index >= 15 is 0 Å². The highest BCUT2D eigenvalue weighted by Gasteiger charge is 2.30. The lowest BCUT2D eigenvalue weighted by atomic mass is 10.1. The lowest BCUT2D eigenvalue weighted by Gasteiger charge is -2.25. The Bertz CT molecular complexity index is 960. The molecule has 0 unspecified atom stereocenters. The summed E-state index contributed by atoms with van der Waals surface area (Å²) in [5.74, 6) is -1.58. The molecule has 0 spiro atoms. The molecule has 0 radical (unpaired) electrons. The molecular weight excluding hydrogens is 384 g/mol. The second-order valence-corrected chi connectivity index (χ2v) is 7.74. The van der Waals surface area contributed by atoms with Crippen LogP contribution in [0.5, 0.6) is 0 Å². The van der Waals surface area contributed by atoms with E-state index in [1.165, 1.54) is 43.5 Å². The normalized spacial score (nSPS) is 14.2. The first-order chi connectivity index (χ1) is 13.2. The van der Waals surface area contributed by atoms with Gasteiger partial charge < -0.3 is 14.4 Å². The van der Waals surface area contributed by atoms with Gasteiger partial charge in [0.05, 0.1) is 25.5 Å². The third-order valence-electron chi connectivity index (χ3n) is 3.69. The van der Waals surface area contributed by atoms with Crippen molar-refractivity contribution in [2.24, 2.45) is 0 Å². The van der Waals surface area contributed by atoms with E-state index in [1.807, 2.05) is 0 Å². The third kappa shape index (κ3) is 4.49. The molecule has 0 amide bonds. The number of carbonyl (C=O) groups excluding carboxylic acids is 2. The van der Waals surface area contributed by atoms with Crippen LogP contribution in [0.2, 0.25) is 0 Å². The Kier molecular flexibility index (Phi) is 6.76. The molecule has 1 heterocycles. The van der Waals surface area contributed by atoms with E-state index in [0.29, 0.717) is 0 Å². The Labute approximate surface area is 164 Å². The first-order valence-corrected chi connectivity index (χ1v) is 9.87. The van der Waals surface area contributed by atoms with Crippen LogP contribution in [-0.4, -0.2) is 40.6 Å². The number of carbonyl (C=O) groups is 2. The van der Waals surface area contributed by atoms with Crippen molar-refractivity contribution in [3.05, 3.63) is 60.0 Å². The minimum absolute atomic E-state index is 0.0548. The lowest BCUT2D eigenvalue weighted by Crippen LogP contribution is -2.33. The van der Waals surface area contributed by atoms with Gasteiger partial charge in [-0.2, -0.15) is 0 Å². The van der Waals surface area contributed by atoms with Gasteiger partial charge >= 0.3 is 11.9 Å². The van der Waals surface area contributed by atoms with E-state index in [0.717, 1.165) is 0 Å². The Morgan fingerprint density at radius 1 is 1.04 bits per heavy atom. The molecule has 9 heteroatoms. The molecule has 1 aromatic carbocycles. The highest BCUT2D eigenvalue weighted by Crippen LogP contribution is 2.31. The minimum atomic E-state index is -3.89. The van der Waals surface area contributed by atoms with Gasteiger partial charge in [-0.15, -0.1) is 0 Å². The highest BCUT2D eigenvalue weighted by atomic mass is 32.2. The molecule has 1 aliphatic heterocycles. The topological polar surface area (TPSA) is 102 Å². The third-order valence-corrected chi connectivity index (χ3v) is 5.40. The fourth-order valence-corrected chi connectivity index (χ4v) is 4.06. The maximum Gasteiger partial charge on any atom is 0.355 e. The van der Waals surface area contributed by atoms with Crippen LogP contribution < -0.4 is 9.62 Å². The van der Waals surface area contributed by atoms with E-state index in [1.54, 1.807) is 38.1 Å². The van der Waals surface area contributed by atoms with Crippen molar-refractivity contribution in [1.82, 2.24) is 4.72 Å². The van der Waals surface area contributed by atoms with Crippen LogP contribution in [0.3, 0.4) is 0 Å². The van der Waals surface area contributed by atoms with E-state index in [-0.39, 0.29) is 27.9 Å². The number of benzene rings is 1. The van der Waals surface area contributed by atoms with Crippen LogP contribution in [0.25, 0.3) is 0 Å². The number of rotatable bonds is 6. The average molecular weight is 406 g/mol. The molecule has 0 saturated heterocycles. The summed E-state index contributed by atoms with van der Waals surface area (Å²) >= 11 is 0. The monoisotopic (exact) mass is 406 g/mol. The van der Waals surface area contributed by atoms with E-state index < -0.39 is 22.0 Å². The van der Waals surface area contributed by atoms with Gasteiger partial charge in [-0.05, 0) is 38.1 Å². The Hall–Kier alpha value is -2.91. The standard InChI is InChI=1S/C19H22N2O6S/c1-13(2)20-28(24,25)16-11-6-5-10-15(16)21-12-8-7-9-14(18(22)26-3)17(21)19(23)27-4/h5-13,20H,1-4H3.